The van der Waals surface area contributed by atoms with Crippen molar-refractivity contribution in [3.8, 4) is 30.8 Å². The van der Waals surface area contributed by atoms with E-state index >= 15 is 0 Å². The van der Waals surface area contributed by atoms with Gasteiger partial charge in [0.25, 0.3) is 11.8 Å². The zero-order valence-electron chi connectivity index (χ0n) is 16.1. The van der Waals surface area contributed by atoms with Crippen LogP contribution in [0.3, 0.4) is 0 Å². The summed E-state index contributed by atoms with van der Waals surface area (Å²) in [5.41, 5.74) is 1.63. The Hall–Kier alpha value is -4.86. The summed E-state index contributed by atoms with van der Waals surface area (Å²) >= 11 is 0. The first kappa shape index (κ1) is 20.9. The molecular weight excluding hydrogens is 393 g/mol. The molecule has 5 nitrogen and oxygen atoms in total. The maximum Gasteiger partial charge on any atom is 0.258 e. The molecule has 148 valence electrons. The van der Waals surface area contributed by atoms with E-state index in [0.29, 0.717) is 16.8 Å². The number of carbonyl (C=O) groups excluding carboxylic acids is 2. The van der Waals surface area contributed by atoms with Crippen LogP contribution < -0.4 is 10.6 Å². The van der Waals surface area contributed by atoms with Crippen LogP contribution in [0.4, 0.5) is 15.8 Å². The monoisotopic (exact) mass is 407 g/mol. The number of hydrogen-bond acceptors (Lipinski definition) is 3. The molecule has 3 aromatic carbocycles. The lowest BCUT2D eigenvalue weighted by Crippen LogP contribution is -2.19. The average Bonchev–Trinajstić information content (AvgIpc) is 2.79. The fourth-order valence-corrected chi connectivity index (χ4v) is 2.74. The van der Waals surface area contributed by atoms with Gasteiger partial charge in [-0.15, -0.1) is 12.8 Å². The molecule has 31 heavy (non-hydrogen) atoms. The van der Waals surface area contributed by atoms with Crippen molar-refractivity contribution in [1.29, 1.82) is 5.26 Å². The molecule has 2 amide bonds. The van der Waals surface area contributed by atoms with Crippen LogP contribution in [0, 0.1) is 41.8 Å². The Morgan fingerprint density at radius 3 is 2.00 bits per heavy atom. The molecule has 0 saturated heterocycles. The lowest BCUT2D eigenvalue weighted by atomic mass is 10.1. The molecule has 0 heterocycles. The molecule has 0 fully saturated rings. The zero-order chi connectivity index (χ0) is 22.4. The number of nitriles is 1. The van der Waals surface area contributed by atoms with E-state index in [-0.39, 0.29) is 22.4 Å². The van der Waals surface area contributed by atoms with Crippen molar-refractivity contribution in [2.45, 2.75) is 0 Å². The van der Waals surface area contributed by atoms with Crippen molar-refractivity contribution in [3.05, 3.63) is 94.3 Å². The normalized spacial score (nSPS) is 9.61. The predicted molar refractivity (Wildman–Crippen MR) is 116 cm³/mol. The Labute approximate surface area is 178 Å². The number of rotatable bonds is 4. The fraction of sp³-hybridized carbons (Fsp3) is 0. The Morgan fingerprint density at radius 1 is 0.774 bits per heavy atom. The van der Waals surface area contributed by atoms with Crippen LogP contribution in [0.25, 0.3) is 0 Å². The number of hydrogen-bond donors (Lipinski definition) is 2. The zero-order valence-corrected chi connectivity index (χ0v) is 16.1. The largest absolute Gasteiger partial charge is 0.322 e. The van der Waals surface area contributed by atoms with Gasteiger partial charge in [-0.05, 0) is 60.7 Å². The van der Waals surface area contributed by atoms with Crippen LogP contribution in [0.1, 0.15) is 37.4 Å². The molecule has 0 unspecified atom stereocenters. The molecule has 2 N–H and O–H groups in total. The first-order valence-corrected chi connectivity index (χ1v) is 8.95. The van der Waals surface area contributed by atoms with Crippen molar-refractivity contribution < 1.29 is 14.0 Å². The number of carbonyl (C=O) groups is 2. The van der Waals surface area contributed by atoms with E-state index in [0.717, 1.165) is 6.07 Å². The Balaban J connectivity index is 1.90. The summed E-state index contributed by atoms with van der Waals surface area (Å²) in [4.78, 5) is 25.4. The summed E-state index contributed by atoms with van der Waals surface area (Å²) < 4.78 is 14.2. The van der Waals surface area contributed by atoms with Crippen LogP contribution in [-0.4, -0.2) is 11.8 Å². The SMILES string of the molecule is C#Cc1ccc(NC(=O)c2cc(C#C)ccc2NC(=O)c2ccc(C#N)cc2F)cc1. The van der Waals surface area contributed by atoms with Gasteiger partial charge in [0.2, 0.25) is 0 Å². The predicted octanol–water partition coefficient (Wildman–Crippen LogP) is 4.16. The van der Waals surface area contributed by atoms with Gasteiger partial charge in [-0.1, -0.05) is 11.8 Å². The van der Waals surface area contributed by atoms with Gasteiger partial charge in [0.05, 0.1) is 28.4 Å². The summed E-state index contributed by atoms with van der Waals surface area (Å²) in [5.74, 6) is 2.76. The van der Waals surface area contributed by atoms with E-state index in [2.05, 4.69) is 22.5 Å². The standard InChI is InChI=1S/C25H14FN3O2/c1-3-16-5-9-19(10-6-16)28-25(31)21-13-17(4-2)8-12-23(21)29-24(30)20-11-7-18(15-27)14-22(20)26/h1-2,5-14H,(H,28,31)(H,29,30). The van der Waals surface area contributed by atoms with E-state index in [9.17, 15) is 14.0 Å². The number of anilines is 2. The van der Waals surface area contributed by atoms with E-state index in [1.54, 1.807) is 36.4 Å². The molecule has 0 aliphatic heterocycles. The highest BCUT2D eigenvalue weighted by molar-refractivity contribution is 6.12. The minimum Gasteiger partial charge on any atom is -0.322 e. The van der Waals surface area contributed by atoms with Gasteiger partial charge in [0.1, 0.15) is 5.82 Å². The first-order valence-electron chi connectivity index (χ1n) is 8.95. The van der Waals surface area contributed by atoms with E-state index in [1.807, 2.05) is 0 Å². The molecule has 6 heteroatoms. The minimum absolute atomic E-state index is 0.0864. The topological polar surface area (TPSA) is 82.0 Å². The Kier molecular flexibility index (Phi) is 6.12. The van der Waals surface area contributed by atoms with Gasteiger partial charge in [0.15, 0.2) is 0 Å². The third-order valence-electron chi connectivity index (χ3n) is 4.33. The lowest BCUT2D eigenvalue weighted by molar-refractivity contribution is 0.102. The third kappa shape index (κ3) is 4.77. The molecule has 0 aliphatic carbocycles. The van der Waals surface area contributed by atoms with Crippen LogP contribution in [0.15, 0.2) is 60.7 Å². The Bertz CT molecular complexity index is 1310. The smallest absolute Gasteiger partial charge is 0.258 e. The number of amides is 2. The third-order valence-corrected chi connectivity index (χ3v) is 4.33. The molecule has 0 aromatic heterocycles. The Morgan fingerprint density at radius 2 is 1.39 bits per heavy atom. The highest BCUT2D eigenvalue weighted by atomic mass is 19.1. The van der Waals surface area contributed by atoms with Crippen molar-refractivity contribution in [2.24, 2.45) is 0 Å². The van der Waals surface area contributed by atoms with E-state index < -0.39 is 17.6 Å². The lowest BCUT2D eigenvalue weighted by Gasteiger charge is -2.13. The summed E-state index contributed by atoms with van der Waals surface area (Å²) in [6, 6.07) is 16.4. The molecule has 3 rings (SSSR count). The van der Waals surface area contributed by atoms with Crippen LogP contribution in [0.5, 0.6) is 0 Å². The number of benzene rings is 3. The molecule has 3 aromatic rings. The van der Waals surface area contributed by atoms with Crippen LogP contribution in [0.2, 0.25) is 0 Å². The van der Waals surface area contributed by atoms with E-state index in [1.165, 1.54) is 24.3 Å². The molecule has 0 spiro atoms. The van der Waals surface area contributed by atoms with Gasteiger partial charge in [-0.25, -0.2) is 4.39 Å². The minimum atomic E-state index is -0.851. The van der Waals surface area contributed by atoms with Gasteiger partial charge in [-0.2, -0.15) is 5.26 Å². The van der Waals surface area contributed by atoms with Crippen molar-refractivity contribution in [2.75, 3.05) is 10.6 Å². The van der Waals surface area contributed by atoms with Gasteiger partial charge in [-0.3, -0.25) is 9.59 Å². The molecule has 0 saturated carbocycles. The number of terminal acetylenes is 2. The number of halogens is 1. The van der Waals surface area contributed by atoms with Gasteiger partial charge >= 0.3 is 0 Å². The maximum absolute atomic E-state index is 14.2. The molecule has 0 aliphatic rings. The number of nitrogens with one attached hydrogen (secondary N) is 2. The highest BCUT2D eigenvalue weighted by Crippen LogP contribution is 2.21. The van der Waals surface area contributed by atoms with Crippen molar-refractivity contribution in [1.82, 2.24) is 0 Å². The molecule has 0 atom stereocenters. The second-order valence-electron chi connectivity index (χ2n) is 6.34. The molecule has 0 bridgehead atoms. The summed E-state index contributed by atoms with van der Waals surface area (Å²) in [6.07, 6.45) is 10.8. The van der Waals surface area contributed by atoms with Crippen molar-refractivity contribution in [3.63, 3.8) is 0 Å². The average molecular weight is 407 g/mol. The quantitative estimate of drug-likeness (QED) is 0.637. The molecular formula is C25H14FN3O2. The summed E-state index contributed by atoms with van der Waals surface area (Å²) in [5, 5.41) is 14.1. The van der Waals surface area contributed by atoms with Gasteiger partial charge < -0.3 is 10.6 Å². The van der Waals surface area contributed by atoms with Crippen LogP contribution in [-0.2, 0) is 0 Å². The highest BCUT2D eigenvalue weighted by Gasteiger charge is 2.18. The van der Waals surface area contributed by atoms with Crippen molar-refractivity contribution >= 4 is 23.2 Å². The second kappa shape index (κ2) is 9.09. The fourth-order valence-electron chi connectivity index (χ4n) is 2.74. The first-order chi connectivity index (χ1) is 14.9. The summed E-state index contributed by atoms with van der Waals surface area (Å²) in [7, 11) is 0. The molecule has 0 radical (unpaired) electrons. The number of nitrogens with zero attached hydrogens (tertiary/aromatic N) is 1. The van der Waals surface area contributed by atoms with E-state index in [4.69, 9.17) is 18.1 Å². The maximum atomic E-state index is 14.2. The van der Waals surface area contributed by atoms with Crippen LogP contribution >= 0.6 is 0 Å². The second-order valence-corrected chi connectivity index (χ2v) is 6.34. The summed E-state index contributed by atoms with van der Waals surface area (Å²) in [6.45, 7) is 0. The van der Waals surface area contributed by atoms with Gasteiger partial charge in [0, 0.05) is 16.8 Å².